The van der Waals surface area contributed by atoms with Crippen LogP contribution in [0.4, 0.5) is 0 Å². The second kappa shape index (κ2) is 8.84. The summed E-state index contributed by atoms with van der Waals surface area (Å²) < 4.78 is 5.17. The van der Waals surface area contributed by atoms with E-state index in [1.165, 1.54) is 5.56 Å². The van der Waals surface area contributed by atoms with Crippen molar-refractivity contribution < 1.29 is 9.53 Å². The Morgan fingerprint density at radius 1 is 1.07 bits per heavy atom. The lowest BCUT2D eigenvalue weighted by Gasteiger charge is -2.08. The van der Waals surface area contributed by atoms with Gasteiger partial charge in [-0.25, -0.2) is 0 Å². The number of amides is 1. The second-order valence-electron chi connectivity index (χ2n) is 6.56. The van der Waals surface area contributed by atoms with Crippen LogP contribution in [-0.2, 0) is 12.3 Å². The molecule has 146 valence electrons. The molecule has 1 amide bonds. The number of aromatic amines is 1. The van der Waals surface area contributed by atoms with E-state index >= 15 is 0 Å². The van der Waals surface area contributed by atoms with Gasteiger partial charge in [0.05, 0.1) is 12.7 Å². The van der Waals surface area contributed by atoms with Crippen LogP contribution in [0.1, 0.15) is 21.5 Å². The van der Waals surface area contributed by atoms with E-state index < -0.39 is 0 Å². The summed E-state index contributed by atoms with van der Waals surface area (Å²) in [6.45, 7) is 0.460. The topological polar surface area (TPSA) is 67.0 Å². The Kier molecular flexibility index (Phi) is 5.81. The number of H-pyrrole nitrogens is 1. The third kappa shape index (κ3) is 4.43. The van der Waals surface area contributed by atoms with Crippen LogP contribution >= 0.6 is 11.8 Å². The largest absolute Gasteiger partial charge is 0.497 e. The summed E-state index contributed by atoms with van der Waals surface area (Å²) in [5, 5.41) is 3.97. The molecule has 6 heteroatoms. The predicted molar refractivity (Wildman–Crippen MR) is 116 cm³/mol. The minimum absolute atomic E-state index is 0.0935. The van der Waals surface area contributed by atoms with Gasteiger partial charge in [-0.2, -0.15) is 0 Å². The van der Waals surface area contributed by atoms with Gasteiger partial charge in [-0.15, -0.1) is 11.8 Å². The number of benzene rings is 2. The van der Waals surface area contributed by atoms with Crippen molar-refractivity contribution in [2.75, 3.05) is 7.11 Å². The van der Waals surface area contributed by atoms with Crippen molar-refractivity contribution in [3.05, 3.63) is 89.9 Å². The van der Waals surface area contributed by atoms with E-state index in [1.54, 1.807) is 37.5 Å². The lowest BCUT2D eigenvalue weighted by molar-refractivity contribution is 0.0952. The van der Waals surface area contributed by atoms with Crippen LogP contribution in [-0.4, -0.2) is 23.0 Å². The molecule has 0 fully saturated rings. The minimum Gasteiger partial charge on any atom is -0.497 e. The van der Waals surface area contributed by atoms with Gasteiger partial charge in [-0.3, -0.25) is 9.78 Å². The summed E-state index contributed by atoms with van der Waals surface area (Å²) in [6.07, 6.45) is 5.38. The zero-order chi connectivity index (χ0) is 20.1. The number of nitrogens with zero attached hydrogens (tertiary/aromatic N) is 1. The average Bonchev–Trinajstić information content (AvgIpc) is 3.22. The molecule has 29 heavy (non-hydrogen) atoms. The first-order chi connectivity index (χ1) is 14.2. The highest BCUT2D eigenvalue weighted by Crippen LogP contribution is 2.32. The fourth-order valence-electron chi connectivity index (χ4n) is 3.11. The van der Waals surface area contributed by atoms with E-state index in [0.717, 1.165) is 32.9 Å². The van der Waals surface area contributed by atoms with Crippen LogP contribution in [0.5, 0.6) is 5.75 Å². The summed E-state index contributed by atoms with van der Waals surface area (Å²) in [4.78, 5) is 21.2. The molecule has 5 nitrogen and oxygen atoms in total. The summed E-state index contributed by atoms with van der Waals surface area (Å²) in [7, 11) is 1.64. The molecular weight excluding hydrogens is 382 g/mol. The molecule has 2 heterocycles. The van der Waals surface area contributed by atoms with Gasteiger partial charge in [-0.1, -0.05) is 18.2 Å². The lowest BCUT2D eigenvalue weighted by Crippen LogP contribution is -2.22. The van der Waals surface area contributed by atoms with E-state index in [4.69, 9.17) is 4.74 Å². The third-order valence-electron chi connectivity index (χ3n) is 4.67. The van der Waals surface area contributed by atoms with E-state index in [-0.39, 0.29) is 5.91 Å². The minimum atomic E-state index is -0.0935. The lowest BCUT2D eigenvalue weighted by atomic mass is 10.1. The molecule has 0 aliphatic rings. The van der Waals surface area contributed by atoms with Crippen LogP contribution in [0.3, 0.4) is 0 Å². The number of ether oxygens (including phenoxy) is 1. The molecule has 0 saturated heterocycles. The van der Waals surface area contributed by atoms with Crippen molar-refractivity contribution in [2.24, 2.45) is 0 Å². The third-order valence-corrected chi connectivity index (χ3v) is 5.80. The Hall–Kier alpha value is -3.25. The van der Waals surface area contributed by atoms with E-state index in [1.807, 2.05) is 48.5 Å². The number of fused-ring (bicyclic) bond motifs is 1. The van der Waals surface area contributed by atoms with Crippen molar-refractivity contribution in [1.29, 1.82) is 0 Å². The van der Waals surface area contributed by atoms with Gasteiger partial charge in [-0.05, 0) is 47.5 Å². The Bertz CT molecular complexity index is 1110. The van der Waals surface area contributed by atoms with Crippen molar-refractivity contribution in [2.45, 2.75) is 17.2 Å². The van der Waals surface area contributed by atoms with E-state index in [9.17, 15) is 4.79 Å². The maximum Gasteiger partial charge on any atom is 0.253 e. The highest BCUT2D eigenvalue weighted by Gasteiger charge is 2.15. The zero-order valence-electron chi connectivity index (χ0n) is 16.0. The molecule has 0 bridgehead atoms. The number of thioether (sulfide) groups is 1. The van der Waals surface area contributed by atoms with Gasteiger partial charge in [0.1, 0.15) is 5.75 Å². The molecule has 0 unspecified atom stereocenters. The molecule has 0 spiro atoms. The number of carbonyl (C=O) groups is 1. The molecule has 4 aromatic rings. The normalized spacial score (nSPS) is 10.8. The maximum atomic E-state index is 12.9. The number of methoxy groups -OCH3 is 1. The highest BCUT2D eigenvalue weighted by atomic mass is 32.2. The van der Waals surface area contributed by atoms with E-state index in [2.05, 4.69) is 21.4 Å². The highest BCUT2D eigenvalue weighted by molar-refractivity contribution is 7.98. The van der Waals surface area contributed by atoms with Gasteiger partial charge in [0.25, 0.3) is 5.91 Å². The first-order valence-electron chi connectivity index (χ1n) is 9.27. The quantitative estimate of drug-likeness (QED) is 0.435. The van der Waals surface area contributed by atoms with E-state index in [0.29, 0.717) is 12.1 Å². The van der Waals surface area contributed by atoms with Gasteiger partial charge < -0.3 is 15.0 Å². The van der Waals surface area contributed by atoms with Gasteiger partial charge in [0, 0.05) is 46.7 Å². The monoisotopic (exact) mass is 403 g/mol. The van der Waals surface area contributed by atoms with Crippen molar-refractivity contribution >= 4 is 28.6 Å². The van der Waals surface area contributed by atoms with Crippen molar-refractivity contribution in [1.82, 2.24) is 15.3 Å². The van der Waals surface area contributed by atoms with Gasteiger partial charge in [0.2, 0.25) is 0 Å². The molecule has 2 N–H and O–H groups in total. The molecule has 0 atom stereocenters. The number of pyridine rings is 1. The molecule has 0 aliphatic heterocycles. The summed E-state index contributed by atoms with van der Waals surface area (Å²) in [5.74, 6) is 1.52. The molecule has 0 aliphatic carbocycles. The summed E-state index contributed by atoms with van der Waals surface area (Å²) >= 11 is 1.72. The summed E-state index contributed by atoms with van der Waals surface area (Å²) in [5.41, 5.74) is 3.83. The molecule has 4 rings (SSSR count). The number of rotatable bonds is 7. The maximum absolute atomic E-state index is 12.9. The molecule has 0 saturated carbocycles. The fourth-order valence-corrected chi connectivity index (χ4v) is 4.17. The Balaban J connectivity index is 1.51. The van der Waals surface area contributed by atoms with Crippen LogP contribution < -0.4 is 10.1 Å². The Labute approximate surface area is 173 Å². The number of hydrogen-bond acceptors (Lipinski definition) is 4. The molecular formula is C23H21N3O2S. The Morgan fingerprint density at radius 3 is 2.62 bits per heavy atom. The molecule has 0 radical (unpaired) electrons. The first-order valence-corrected chi connectivity index (χ1v) is 10.3. The number of nitrogens with one attached hydrogen (secondary N) is 2. The molecule has 2 aromatic heterocycles. The fraction of sp³-hybridized carbons (Fsp3) is 0.130. The number of hydrogen-bond donors (Lipinski definition) is 2. The summed E-state index contributed by atoms with van der Waals surface area (Å²) in [6, 6.07) is 17.7. The number of aromatic nitrogens is 2. The SMILES string of the molecule is COc1ccc(CNC(=O)c2c[nH]c3cccc(SCc4ccncc4)c23)cc1. The smallest absolute Gasteiger partial charge is 0.253 e. The van der Waals surface area contributed by atoms with Gasteiger partial charge >= 0.3 is 0 Å². The second-order valence-corrected chi connectivity index (χ2v) is 7.57. The molecule has 2 aromatic carbocycles. The van der Waals surface area contributed by atoms with Crippen LogP contribution in [0.15, 0.2) is 78.1 Å². The zero-order valence-corrected chi connectivity index (χ0v) is 16.8. The first kappa shape index (κ1) is 19.1. The van der Waals surface area contributed by atoms with Crippen molar-refractivity contribution in [3.8, 4) is 5.75 Å². The predicted octanol–water partition coefficient (Wildman–Crippen LogP) is 4.79. The average molecular weight is 404 g/mol. The Morgan fingerprint density at radius 2 is 1.86 bits per heavy atom. The van der Waals surface area contributed by atoms with Crippen LogP contribution in [0.25, 0.3) is 10.9 Å². The van der Waals surface area contributed by atoms with Crippen LogP contribution in [0.2, 0.25) is 0 Å². The van der Waals surface area contributed by atoms with Crippen LogP contribution in [0, 0.1) is 0 Å². The number of carbonyl (C=O) groups excluding carboxylic acids is 1. The van der Waals surface area contributed by atoms with Gasteiger partial charge in [0.15, 0.2) is 0 Å². The van der Waals surface area contributed by atoms with Crippen molar-refractivity contribution in [3.63, 3.8) is 0 Å². The standard InChI is InChI=1S/C23H21N3O2S/c1-28-18-7-5-16(6-8-18)13-26-23(27)19-14-25-20-3-2-4-21(22(19)20)29-15-17-9-11-24-12-10-17/h2-12,14,25H,13,15H2,1H3,(H,26,27).